The maximum atomic E-state index is 11.2. The van der Waals surface area contributed by atoms with E-state index in [9.17, 15) is 9.90 Å². The Balaban J connectivity index is 1.82. The Morgan fingerprint density at radius 3 is 2.29 bits per heavy atom. The van der Waals surface area contributed by atoms with Crippen molar-refractivity contribution in [3.05, 3.63) is 70.8 Å². The minimum absolute atomic E-state index is 0.358. The Morgan fingerprint density at radius 1 is 0.893 bits per heavy atom. The topological polar surface area (TPSA) is 46.5 Å². The Hall–Kier alpha value is -2.29. The molecule has 0 aliphatic heterocycles. The van der Waals surface area contributed by atoms with E-state index in [1.807, 2.05) is 12.1 Å². The summed E-state index contributed by atoms with van der Waals surface area (Å²) >= 11 is 0. The van der Waals surface area contributed by atoms with Gasteiger partial charge in [0.15, 0.2) is 0 Å². The Bertz CT molecular complexity index is 709. The third-order valence-electron chi connectivity index (χ3n) is 5.41. The molecule has 0 saturated carbocycles. The highest BCUT2D eigenvalue weighted by molar-refractivity contribution is 5.57. The highest BCUT2D eigenvalue weighted by Gasteiger charge is 2.20. The number of aryl methyl sites for hydroxylation is 2. The van der Waals surface area contributed by atoms with E-state index >= 15 is 0 Å². The molecular formula is C25H34O3. The summed E-state index contributed by atoms with van der Waals surface area (Å²) in [7, 11) is 0. The smallest absolute Gasteiger partial charge is 0.450 e. The average Bonchev–Trinajstić information content (AvgIpc) is 2.72. The summed E-state index contributed by atoms with van der Waals surface area (Å²) in [6.07, 6.45) is 7.91. The molecule has 1 N–H and O–H groups in total. The molecule has 2 aromatic rings. The van der Waals surface area contributed by atoms with Gasteiger partial charge in [-0.3, -0.25) is 0 Å². The molecule has 0 heterocycles. The van der Waals surface area contributed by atoms with Crippen LogP contribution in [0.15, 0.2) is 48.5 Å². The van der Waals surface area contributed by atoms with Gasteiger partial charge < -0.3 is 9.84 Å². The molecule has 0 spiro atoms. The van der Waals surface area contributed by atoms with Crippen molar-refractivity contribution in [3.63, 3.8) is 0 Å². The highest BCUT2D eigenvalue weighted by atomic mass is 16.7. The van der Waals surface area contributed by atoms with Gasteiger partial charge in [0.25, 0.3) is 0 Å². The van der Waals surface area contributed by atoms with Gasteiger partial charge in [0.2, 0.25) is 0 Å². The minimum atomic E-state index is -1.18. The van der Waals surface area contributed by atoms with Gasteiger partial charge in [0.1, 0.15) is 6.10 Å². The Morgan fingerprint density at radius 2 is 1.61 bits per heavy atom. The van der Waals surface area contributed by atoms with Crippen LogP contribution in [0.4, 0.5) is 4.79 Å². The van der Waals surface area contributed by atoms with Crippen molar-refractivity contribution in [3.8, 4) is 0 Å². The third kappa shape index (κ3) is 7.03. The SMILES string of the molecule is CCc1cccc(C(CCCCCCCc2ccccc2)OC(=O)O)c1CC. The van der Waals surface area contributed by atoms with E-state index in [0.717, 1.165) is 44.1 Å². The largest absolute Gasteiger partial charge is 0.506 e. The summed E-state index contributed by atoms with van der Waals surface area (Å²) in [5, 5.41) is 9.19. The quantitative estimate of drug-likeness (QED) is 0.314. The zero-order chi connectivity index (χ0) is 20.2. The average molecular weight is 383 g/mol. The molecule has 28 heavy (non-hydrogen) atoms. The molecular weight excluding hydrogens is 348 g/mol. The number of hydrogen-bond acceptors (Lipinski definition) is 2. The minimum Gasteiger partial charge on any atom is -0.450 e. The molecule has 0 aliphatic rings. The molecule has 0 aromatic heterocycles. The van der Waals surface area contributed by atoms with E-state index < -0.39 is 6.16 Å². The second kappa shape index (κ2) is 12.2. The Labute approximate surface area is 169 Å². The van der Waals surface area contributed by atoms with E-state index in [1.54, 1.807) is 0 Å². The van der Waals surface area contributed by atoms with E-state index in [0.29, 0.717) is 0 Å². The van der Waals surface area contributed by atoms with E-state index in [-0.39, 0.29) is 6.10 Å². The predicted molar refractivity (Wildman–Crippen MR) is 115 cm³/mol. The molecule has 0 amide bonds. The fourth-order valence-corrected chi connectivity index (χ4v) is 3.95. The van der Waals surface area contributed by atoms with E-state index in [4.69, 9.17) is 4.74 Å². The van der Waals surface area contributed by atoms with Crippen molar-refractivity contribution >= 4 is 6.16 Å². The number of benzene rings is 2. The van der Waals surface area contributed by atoms with Gasteiger partial charge >= 0.3 is 6.16 Å². The molecule has 2 aromatic carbocycles. The zero-order valence-corrected chi connectivity index (χ0v) is 17.3. The molecule has 3 nitrogen and oxygen atoms in total. The van der Waals surface area contributed by atoms with Crippen LogP contribution in [0.1, 0.15) is 80.7 Å². The molecule has 2 rings (SSSR count). The van der Waals surface area contributed by atoms with Gasteiger partial charge in [-0.05, 0) is 60.8 Å². The van der Waals surface area contributed by atoms with Crippen LogP contribution in [0, 0.1) is 0 Å². The van der Waals surface area contributed by atoms with Crippen molar-refractivity contribution in [1.82, 2.24) is 0 Å². The summed E-state index contributed by atoms with van der Waals surface area (Å²) in [5.41, 5.74) is 4.99. The van der Waals surface area contributed by atoms with Gasteiger partial charge in [-0.2, -0.15) is 0 Å². The number of carboxylic acid groups (broad SMARTS) is 1. The fourth-order valence-electron chi connectivity index (χ4n) is 3.95. The summed E-state index contributed by atoms with van der Waals surface area (Å²) in [5.74, 6) is 0. The normalized spacial score (nSPS) is 11.9. The summed E-state index contributed by atoms with van der Waals surface area (Å²) in [4.78, 5) is 11.2. The van der Waals surface area contributed by atoms with Crippen LogP contribution in [0.3, 0.4) is 0 Å². The molecule has 0 saturated heterocycles. The van der Waals surface area contributed by atoms with Gasteiger partial charge in [0, 0.05) is 0 Å². The van der Waals surface area contributed by atoms with E-state index in [2.05, 4.69) is 50.2 Å². The van der Waals surface area contributed by atoms with Crippen LogP contribution in [-0.4, -0.2) is 11.3 Å². The highest BCUT2D eigenvalue weighted by Crippen LogP contribution is 2.30. The maximum absolute atomic E-state index is 11.2. The van der Waals surface area contributed by atoms with Crippen LogP contribution in [0.2, 0.25) is 0 Å². The molecule has 0 fully saturated rings. The molecule has 0 aliphatic carbocycles. The summed E-state index contributed by atoms with van der Waals surface area (Å²) in [6.45, 7) is 4.27. The monoisotopic (exact) mass is 382 g/mol. The van der Waals surface area contributed by atoms with E-state index in [1.165, 1.54) is 36.0 Å². The van der Waals surface area contributed by atoms with Crippen LogP contribution in [0.5, 0.6) is 0 Å². The fraction of sp³-hybridized carbons (Fsp3) is 0.480. The van der Waals surface area contributed by atoms with Crippen LogP contribution in [-0.2, 0) is 24.0 Å². The molecule has 152 valence electrons. The summed E-state index contributed by atoms with van der Waals surface area (Å²) in [6, 6.07) is 16.8. The lowest BCUT2D eigenvalue weighted by atomic mass is 9.91. The van der Waals surface area contributed by atoms with Crippen LogP contribution in [0.25, 0.3) is 0 Å². The van der Waals surface area contributed by atoms with Crippen molar-refractivity contribution in [1.29, 1.82) is 0 Å². The molecule has 1 unspecified atom stereocenters. The van der Waals surface area contributed by atoms with Crippen molar-refractivity contribution in [2.24, 2.45) is 0 Å². The van der Waals surface area contributed by atoms with Crippen molar-refractivity contribution in [2.45, 2.75) is 77.7 Å². The van der Waals surface area contributed by atoms with Crippen LogP contribution < -0.4 is 0 Å². The lowest BCUT2D eigenvalue weighted by Gasteiger charge is -2.21. The summed E-state index contributed by atoms with van der Waals surface area (Å²) < 4.78 is 5.28. The Kier molecular flexibility index (Phi) is 9.61. The third-order valence-corrected chi connectivity index (χ3v) is 5.41. The first kappa shape index (κ1) is 22.0. The lowest BCUT2D eigenvalue weighted by Crippen LogP contribution is -2.12. The van der Waals surface area contributed by atoms with Crippen LogP contribution >= 0.6 is 0 Å². The van der Waals surface area contributed by atoms with Gasteiger partial charge in [-0.1, -0.05) is 81.6 Å². The van der Waals surface area contributed by atoms with Gasteiger partial charge in [0.05, 0.1) is 0 Å². The second-order valence-electron chi connectivity index (χ2n) is 7.36. The first-order valence-electron chi connectivity index (χ1n) is 10.7. The molecule has 3 heteroatoms. The van der Waals surface area contributed by atoms with Crippen molar-refractivity contribution in [2.75, 3.05) is 0 Å². The number of rotatable bonds is 12. The van der Waals surface area contributed by atoms with Crippen molar-refractivity contribution < 1.29 is 14.6 Å². The first-order chi connectivity index (χ1) is 13.7. The number of carbonyl (C=O) groups is 1. The standard InChI is InChI=1S/C25H34O3/c1-3-21-17-13-18-23(22(21)4-2)24(28-25(26)27)19-12-7-5-6-9-14-20-15-10-8-11-16-20/h8,10-11,13,15-18,24H,3-7,9,12,14,19H2,1-2H3,(H,26,27). The maximum Gasteiger partial charge on any atom is 0.506 e. The lowest BCUT2D eigenvalue weighted by molar-refractivity contribution is 0.0460. The molecule has 0 radical (unpaired) electrons. The first-order valence-corrected chi connectivity index (χ1v) is 10.7. The number of hydrogen-bond donors (Lipinski definition) is 1. The number of unbranched alkanes of at least 4 members (excludes halogenated alkanes) is 4. The van der Waals surface area contributed by atoms with Gasteiger partial charge in [-0.15, -0.1) is 0 Å². The zero-order valence-electron chi connectivity index (χ0n) is 17.3. The molecule has 1 atom stereocenters. The van der Waals surface area contributed by atoms with Gasteiger partial charge in [-0.25, -0.2) is 4.79 Å². The molecule has 0 bridgehead atoms. The second-order valence-corrected chi connectivity index (χ2v) is 7.36. The number of ether oxygens (including phenoxy) is 1. The predicted octanol–water partition coefficient (Wildman–Crippen LogP) is 7.13.